The molecule has 242 valence electrons. The molecule has 0 fully saturated rings. The predicted octanol–water partition coefficient (Wildman–Crippen LogP) is 14.3. The Kier molecular flexibility index (Phi) is 6.78. The van der Waals surface area contributed by atoms with E-state index >= 15 is 0 Å². The Bertz CT molecular complexity index is 2750. The summed E-state index contributed by atoms with van der Waals surface area (Å²) in [5, 5.41) is 5.28. The monoisotopic (exact) mass is 669 g/mol. The standard InChI is InChI=1S/C49H35NS/c1-49(2)43-18-8-6-15-42(43)47-44(49)19-11-20-45(47)50(35-26-22-33(23-27-35)32-12-4-3-5-13-32)36-28-24-34(25-29-36)37-16-10-17-40-38(37)30-31-41-39-14-7-9-21-46(39)51-48(40)41/h3-31H,1-2H3. The number of rotatable bonds is 5. The smallest absolute Gasteiger partial charge is 0.0543 e. The van der Waals surface area contributed by atoms with Crippen LogP contribution in [0, 0.1) is 0 Å². The second kappa shape index (κ2) is 11.6. The van der Waals surface area contributed by atoms with Crippen LogP contribution in [-0.2, 0) is 5.41 Å². The maximum atomic E-state index is 2.44. The predicted molar refractivity (Wildman–Crippen MR) is 220 cm³/mol. The van der Waals surface area contributed by atoms with Crippen LogP contribution in [0.15, 0.2) is 176 Å². The van der Waals surface area contributed by atoms with Gasteiger partial charge in [-0.15, -0.1) is 11.3 Å². The fourth-order valence-corrected chi connectivity index (χ4v) is 9.59. The maximum Gasteiger partial charge on any atom is 0.0543 e. The zero-order chi connectivity index (χ0) is 34.1. The zero-order valence-corrected chi connectivity index (χ0v) is 29.4. The Morgan fingerprint density at radius 2 is 0.980 bits per heavy atom. The summed E-state index contributed by atoms with van der Waals surface area (Å²) in [6, 6.07) is 64.7. The topological polar surface area (TPSA) is 3.24 Å². The fourth-order valence-electron chi connectivity index (χ4n) is 8.36. The number of fused-ring (bicyclic) bond motifs is 8. The van der Waals surface area contributed by atoms with Gasteiger partial charge in [0.05, 0.1) is 5.69 Å². The minimum Gasteiger partial charge on any atom is -0.310 e. The van der Waals surface area contributed by atoms with Crippen molar-refractivity contribution in [2.75, 3.05) is 4.90 Å². The molecule has 1 nitrogen and oxygen atoms in total. The van der Waals surface area contributed by atoms with E-state index in [1.807, 2.05) is 11.3 Å². The quantitative estimate of drug-likeness (QED) is 0.176. The van der Waals surface area contributed by atoms with Gasteiger partial charge in [-0.05, 0) is 80.7 Å². The molecule has 10 rings (SSSR count). The normalized spacial score (nSPS) is 13.1. The Labute approximate surface area is 302 Å². The van der Waals surface area contributed by atoms with Crippen molar-refractivity contribution in [1.82, 2.24) is 0 Å². The molecule has 1 aliphatic carbocycles. The summed E-state index contributed by atoms with van der Waals surface area (Å²) in [5.74, 6) is 0. The Morgan fingerprint density at radius 1 is 0.412 bits per heavy atom. The molecule has 0 saturated heterocycles. The number of hydrogen-bond acceptors (Lipinski definition) is 2. The molecule has 8 aromatic carbocycles. The van der Waals surface area contributed by atoms with Crippen molar-refractivity contribution in [2.45, 2.75) is 19.3 Å². The summed E-state index contributed by atoms with van der Waals surface area (Å²) in [4.78, 5) is 2.44. The van der Waals surface area contributed by atoms with Crippen molar-refractivity contribution < 1.29 is 0 Å². The fraction of sp³-hybridized carbons (Fsp3) is 0.0612. The van der Waals surface area contributed by atoms with Gasteiger partial charge >= 0.3 is 0 Å². The van der Waals surface area contributed by atoms with Gasteiger partial charge in [0.15, 0.2) is 0 Å². The van der Waals surface area contributed by atoms with E-state index in [4.69, 9.17) is 0 Å². The van der Waals surface area contributed by atoms with E-state index in [1.165, 1.54) is 81.1 Å². The third-order valence-corrected chi connectivity index (χ3v) is 12.1. The lowest BCUT2D eigenvalue weighted by Gasteiger charge is -2.29. The van der Waals surface area contributed by atoms with Crippen molar-refractivity contribution in [3.05, 3.63) is 187 Å². The van der Waals surface area contributed by atoms with Crippen LogP contribution >= 0.6 is 11.3 Å². The largest absolute Gasteiger partial charge is 0.310 e. The lowest BCUT2D eigenvalue weighted by molar-refractivity contribution is 0.660. The molecule has 0 aliphatic heterocycles. The molecule has 1 heterocycles. The average molecular weight is 670 g/mol. The molecule has 1 aliphatic rings. The van der Waals surface area contributed by atoms with Gasteiger partial charge in [-0.3, -0.25) is 0 Å². The highest BCUT2D eigenvalue weighted by Crippen LogP contribution is 2.54. The summed E-state index contributed by atoms with van der Waals surface area (Å²) < 4.78 is 2.70. The molecular formula is C49H35NS. The van der Waals surface area contributed by atoms with Gasteiger partial charge in [-0.25, -0.2) is 0 Å². The average Bonchev–Trinajstić information content (AvgIpc) is 3.68. The van der Waals surface area contributed by atoms with E-state index in [2.05, 4.69) is 195 Å². The number of thiophene rings is 1. The van der Waals surface area contributed by atoms with E-state index in [1.54, 1.807) is 0 Å². The second-order valence-electron chi connectivity index (χ2n) is 14.1. The van der Waals surface area contributed by atoms with E-state index in [0.717, 1.165) is 11.4 Å². The first-order chi connectivity index (χ1) is 25.1. The van der Waals surface area contributed by atoms with Crippen LogP contribution < -0.4 is 4.90 Å². The van der Waals surface area contributed by atoms with E-state index in [0.29, 0.717) is 0 Å². The first kappa shape index (κ1) is 29.9. The molecule has 2 heteroatoms. The van der Waals surface area contributed by atoms with E-state index in [9.17, 15) is 0 Å². The van der Waals surface area contributed by atoms with Gasteiger partial charge in [-0.1, -0.05) is 153 Å². The number of anilines is 3. The van der Waals surface area contributed by atoms with Gasteiger partial charge in [0.25, 0.3) is 0 Å². The highest BCUT2D eigenvalue weighted by Gasteiger charge is 2.37. The Morgan fingerprint density at radius 3 is 1.78 bits per heavy atom. The van der Waals surface area contributed by atoms with Crippen LogP contribution in [0.25, 0.3) is 64.3 Å². The van der Waals surface area contributed by atoms with Crippen LogP contribution in [0.5, 0.6) is 0 Å². The zero-order valence-electron chi connectivity index (χ0n) is 28.6. The minimum atomic E-state index is -0.0805. The molecule has 51 heavy (non-hydrogen) atoms. The summed E-state index contributed by atoms with van der Waals surface area (Å²) in [6.45, 7) is 4.71. The lowest BCUT2D eigenvalue weighted by Crippen LogP contribution is -2.16. The summed E-state index contributed by atoms with van der Waals surface area (Å²) in [7, 11) is 0. The molecule has 0 unspecified atom stereocenters. The summed E-state index contributed by atoms with van der Waals surface area (Å²) in [5.41, 5.74) is 13.7. The van der Waals surface area contributed by atoms with Gasteiger partial charge in [-0.2, -0.15) is 0 Å². The van der Waals surface area contributed by atoms with Crippen molar-refractivity contribution >= 4 is 59.3 Å². The molecule has 0 saturated carbocycles. The van der Waals surface area contributed by atoms with E-state index in [-0.39, 0.29) is 5.41 Å². The Balaban J connectivity index is 1.12. The van der Waals surface area contributed by atoms with Gasteiger partial charge < -0.3 is 4.90 Å². The van der Waals surface area contributed by atoms with Crippen molar-refractivity contribution in [2.24, 2.45) is 0 Å². The molecule has 0 bridgehead atoms. The minimum absolute atomic E-state index is 0.0805. The number of nitrogens with zero attached hydrogens (tertiary/aromatic N) is 1. The highest BCUT2D eigenvalue weighted by molar-refractivity contribution is 7.26. The molecular weight excluding hydrogens is 635 g/mol. The first-order valence-corrected chi connectivity index (χ1v) is 18.5. The van der Waals surface area contributed by atoms with Gasteiger partial charge in [0, 0.05) is 47.9 Å². The lowest BCUT2D eigenvalue weighted by atomic mass is 9.82. The molecule has 0 spiro atoms. The van der Waals surface area contributed by atoms with Crippen LogP contribution in [0.1, 0.15) is 25.0 Å². The summed E-state index contributed by atoms with van der Waals surface area (Å²) in [6.07, 6.45) is 0. The molecule has 0 radical (unpaired) electrons. The summed E-state index contributed by atoms with van der Waals surface area (Å²) >= 11 is 1.89. The number of benzene rings is 8. The molecule has 9 aromatic rings. The Hall–Kier alpha value is -5.96. The van der Waals surface area contributed by atoms with Crippen LogP contribution in [0.2, 0.25) is 0 Å². The SMILES string of the molecule is CC1(C)c2ccccc2-c2c(N(c3ccc(-c4ccccc4)cc3)c3ccc(-c4cccc5c4ccc4c6ccccc6sc54)cc3)cccc21. The van der Waals surface area contributed by atoms with Crippen molar-refractivity contribution in [1.29, 1.82) is 0 Å². The highest BCUT2D eigenvalue weighted by atomic mass is 32.1. The van der Waals surface area contributed by atoms with Crippen LogP contribution in [0.3, 0.4) is 0 Å². The maximum absolute atomic E-state index is 2.44. The molecule has 1 aromatic heterocycles. The molecule has 0 N–H and O–H groups in total. The van der Waals surface area contributed by atoms with Gasteiger partial charge in [0.2, 0.25) is 0 Å². The third-order valence-electron chi connectivity index (χ3n) is 10.9. The molecule has 0 amide bonds. The first-order valence-electron chi connectivity index (χ1n) is 17.7. The van der Waals surface area contributed by atoms with Crippen molar-refractivity contribution in [3.8, 4) is 33.4 Å². The van der Waals surface area contributed by atoms with Crippen molar-refractivity contribution in [3.63, 3.8) is 0 Å². The van der Waals surface area contributed by atoms with Crippen LogP contribution in [0.4, 0.5) is 17.1 Å². The number of hydrogen-bond donors (Lipinski definition) is 0. The van der Waals surface area contributed by atoms with E-state index < -0.39 is 0 Å². The third kappa shape index (κ3) is 4.67. The second-order valence-corrected chi connectivity index (χ2v) is 15.2. The molecule has 0 atom stereocenters. The van der Waals surface area contributed by atoms with Crippen LogP contribution in [-0.4, -0.2) is 0 Å². The van der Waals surface area contributed by atoms with Gasteiger partial charge in [0.1, 0.15) is 0 Å².